The van der Waals surface area contributed by atoms with E-state index in [0.29, 0.717) is 38.8 Å². The van der Waals surface area contributed by atoms with Gasteiger partial charge >= 0.3 is 0 Å². The van der Waals surface area contributed by atoms with Crippen molar-refractivity contribution in [1.82, 2.24) is 10.6 Å². The van der Waals surface area contributed by atoms with Crippen LogP contribution in [-0.2, 0) is 22.7 Å². The highest BCUT2D eigenvalue weighted by molar-refractivity contribution is 6.31. The number of halogens is 2. The van der Waals surface area contributed by atoms with Gasteiger partial charge in [0.1, 0.15) is 13.1 Å². The smallest absolute Gasteiger partial charge is 0.220 e. The molecule has 40 heavy (non-hydrogen) atoms. The molecule has 0 saturated carbocycles. The van der Waals surface area contributed by atoms with Crippen LogP contribution in [0.5, 0.6) is 0 Å². The predicted molar refractivity (Wildman–Crippen MR) is 167 cm³/mol. The Hall–Kier alpha value is -2.12. The second kappa shape index (κ2) is 17.6. The zero-order chi connectivity index (χ0) is 29.4. The normalized spacial score (nSPS) is 11.8. The molecule has 2 aromatic rings. The van der Waals surface area contributed by atoms with E-state index in [0.717, 1.165) is 82.5 Å². The van der Waals surface area contributed by atoms with E-state index >= 15 is 0 Å². The lowest BCUT2D eigenvalue weighted by Crippen LogP contribution is -2.51. The standard InChI is InChI=1S/C32H48Cl2N4O2/c1-5-37(6-2,25-27-15-9-11-17-29(27)33)23-21-35-31(39)19-13-14-20-32(40)36-22-24-38(7-3,8-4)26-28-16-10-12-18-30(28)34/h9-12,15-18H,5-8,13-14,19-26H2,1-4H3/p+2. The summed E-state index contributed by atoms with van der Waals surface area (Å²) in [5.74, 6) is 0.104. The fourth-order valence-corrected chi connectivity index (χ4v) is 5.66. The molecule has 2 aromatic carbocycles. The van der Waals surface area contributed by atoms with Crippen molar-refractivity contribution in [2.75, 3.05) is 52.4 Å². The molecule has 2 N–H and O–H groups in total. The van der Waals surface area contributed by atoms with Crippen LogP contribution in [0.4, 0.5) is 0 Å². The molecule has 0 aliphatic carbocycles. The molecule has 0 aliphatic heterocycles. The van der Waals surface area contributed by atoms with Gasteiger partial charge in [-0.1, -0.05) is 59.6 Å². The number of amides is 2. The van der Waals surface area contributed by atoms with Gasteiger partial charge in [-0.3, -0.25) is 9.59 Å². The predicted octanol–water partition coefficient (Wildman–Crippen LogP) is 6.20. The number of likely N-dealkylation sites (N-methyl/N-ethyl adjacent to an activating group) is 2. The topological polar surface area (TPSA) is 58.2 Å². The van der Waals surface area contributed by atoms with Gasteiger partial charge in [-0.05, 0) is 52.7 Å². The molecule has 0 aliphatic rings. The van der Waals surface area contributed by atoms with Gasteiger partial charge in [-0.2, -0.15) is 0 Å². The van der Waals surface area contributed by atoms with Crippen LogP contribution in [0.3, 0.4) is 0 Å². The van der Waals surface area contributed by atoms with Gasteiger partial charge in [0.15, 0.2) is 0 Å². The van der Waals surface area contributed by atoms with Crippen molar-refractivity contribution in [3.05, 3.63) is 69.7 Å². The minimum atomic E-state index is 0.0519. The first-order chi connectivity index (χ1) is 19.2. The zero-order valence-electron chi connectivity index (χ0n) is 25.0. The summed E-state index contributed by atoms with van der Waals surface area (Å²) < 4.78 is 1.75. The lowest BCUT2D eigenvalue weighted by molar-refractivity contribution is -0.936. The third-order valence-corrected chi connectivity index (χ3v) is 9.22. The van der Waals surface area contributed by atoms with Gasteiger partial charge in [0.25, 0.3) is 0 Å². The van der Waals surface area contributed by atoms with Crippen molar-refractivity contribution < 1.29 is 18.6 Å². The van der Waals surface area contributed by atoms with Crippen molar-refractivity contribution in [3.8, 4) is 0 Å². The highest BCUT2D eigenvalue weighted by atomic mass is 35.5. The first kappa shape index (κ1) is 34.1. The van der Waals surface area contributed by atoms with Gasteiger partial charge in [0, 0.05) is 34.0 Å². The van der Waals surface area contributed by atoms with Crippen molar-refractivity contribution in [1.29, 1.82) is 0 Å². The van der Waals surface area contributed by atoms with Crippen LogP contribution < -0.4 is 10.6 Å². The van der Waals surface area contributed by atoms with Crippen LogP contribution in [-0.4, -0.2) is 73.1 Å². The number of carbonyl (C=O) groups excluding carboxylic acids is 2. The molecule has 0 heterocycles. The van der Waals surface area contributed by atoms with E-state index in [4.69, 9.17) is 23.2 Å². The number of hydrogen-bond donors (Lipinski definition) is 2. The highest BCUT2D eigenvalue weighted by Crippen LogP contribution is 2.22. The summed E-state index contributed by atoms with van der Waals surface area (Å²) in [5, 5.41) is 7.76. The summed E-state index contributed by atoms with van der Waals surface area (Å²) in [4.78, 5) is 24.9. The number of nitrogens with zero attached hydrogens (tertiary/aromatic N) is 2. The Morgan fingerprint density at radius 2 is 0.975 bits per heavy atom. The average molecular weight is 594 g/mol. The quantitative estimate of drug-likeness (QED) is 0.151. The number of rotatable bonds is 19. The number of hydrogen-bond acceptors (Lipinski definition) is 2. The van der Waals surface area contributed by atoms with Crippen LogP contribution >= 0.6 is 23.2 Å². The molecule has 0 radical (unpaired) electrons. The van der Waals surface area contributed by atoms with Crippen LogP contribution in [0.2, 0.25) is 10.0 Å². The number of unbranched alkanes of at least 4 members (excludes halogenated alkanes) is 1. The van der Waals surface area contributed by atoms with Gasteiger partial charge in [0.05, 0.1) is 52.4 Å². The van der Waals surface area contributed by atoms with E-state index < -0.39 is 0 Å². The average Bonchev–Trinajstić information content (AvgIpc) is 2.96. The molecule has 222 valence electrons. The van der Waals surface area contributed by atoms with E-state index in [9.17, 15) is 9.59 Å². The maximum Gasteiger partial charge on any atom is 0.220 e. The maximum absolute atomic E-state index is 12.4. The van der Waals surface area contributed by atoms with Crippen molar-refractivity contribution >= 4 is 35.0 Å². The maximum atomic E-state index is 12.4. The molecular weight excluding hydrogens is 543 g/mol. The molecule has 0 bridgehead atoms. The Morgan fingerprint density at radius 1 is 0.625 bits per heavy atom. The first-order valence-corrected chi connectivity index (χ1v) is 15.7. The Labute approximate surface area is 252 Å². The van der Waals surface area contributed by atoms with Crippen LogP contribution in [0, 0.1) is 0 Å². The van der Waals surface area contributed by atoms with Gasteiger partial charge in [-0.25, -0.2) is 0 Å². The van der Waals surface area contributed by atoms with Crippen LogP contribution in [0.25, 0.3) is 0 Å². The Bertz CT molecular complexity index is 971. The summed E-state index contributed by atoms with van der Waals surface area (Å²) in [6.07, 6.45) is 2.30. The second-order valence-electron chi connectivity index (χ2n) is 10.8. The molecule has 0 spiro atoms. The van der Waals surface area contributed by atoms with Gasteiger partial charge in [0.2, 0.25) is 11.8 Å². The van der Waals surface area contributed by atoms with E-state index in [1.807, 2.05) is 36.4 Å². The monoisotopic (exact) mass is 592 g/mol. The van der Waals surface area contributed by atoms with E-state index in [1.54, 1.807) is 0 Å². The van der Waals surface area contributed by atoms with E-state index in [1.165, 1.54) is 0 Å². The molecule has 0 atom stereocenters. The highest BCUT2D eigenvalue weighted by Gasteiger charge is 2.26. The molecule has 8 heteroatoms. The lowest BCUT2D eigenvalue weighted by Gasteiger charge is -2.37. The summed E-state index contributed by atoms with van der Waals surface area (Å²) in [7, 11) is 0. The third-order valence-electron chi connectivity index (χ3n) is 8.48. The molecular formula is C32H50Cl2N4O2+2. The van der Waals surface area contributed by atoms with Crippen molar-refractivity contribution in [2.24, 2.45) is 0 Å². The molecule has 2 rings (SSSR count). The summed E-state index contributed by atoms with van der Waals surface area (Å²) in [6, 6.07) is 16.0. The fraction of sp³-hybridized carbons (Fsp3) is 0.562. The van der Waals surface area contributed by atoms with Crippen LogP contribution in [0.15, 0.2) is 48.5 Å². The summed E-state index contributed by atoms with van der Waals surface area (Å²) >= 11 is 12.8. The number of quaternary nitrogens is 2. The Morgan fingerprint density at radius 3 is 1.30 bits per heavy atom. The van der Waals surface area contributed by atoms with Crippen molar-refractivity contribution in [2.45, 2.75) is 66.5 Å². The number of nitrogens with one attached hydrogen (secondary N) is 2. The molecule has 0 unspecified atom stereocenters. The zero-order valence-corrected chi connectivity index (χ0v) is 26.5. The van der Waals surface area contributed by atoms with Crippen LogP contribution in [0.1, 0.15) is 64.5 Å². The van der Waals surface area contributed by atoms with Gasteiger partial charge in [-0.15, -0.1) is 0 Å². The SMILES string of the molecule is CC[N+](CC)(CCNC(=O)CCCCC(=O)NCC[N+](CC)(CC)Cc1ccccc1Cl)Cc1ccccc1Cl. The summed E-state index contributed by atoms with van der Waals surface area (Å²) in [5.41, 5.74) is 2.29. The minimum Gasteiger partial charge on any atom is -0.350 e. The lowest BCUT2D eigenvalue weighted by atomic mass is 10.1. The molecule has 2 amide bonds. The van der Waals surface area contributed by atoms with Crippen molar-refractivity contribution in [3.63, 3.8) is 0 Å². The number of benzene rings is 2. The largest absolute Gasteiger partial charge is 0.350 e. The number of carbonyl (C=O) groups is 2. The van der Waals surface area contributed by atoms with Gasteiger partial charge < -0.3 is 19.6 Å². The fourth-order valence-electron chi connectivity index (χ4n) is 5.27. The minimum absolute atomic E-state index is 0.0519. The molecule has 0 saturated heterocycles. The molecule has 0 fully saturated rings. The molecule has 0 aromatic heterocycles. The first-order valence-electron chi connectivity index (χ1n) is 14.9. The Kier molecular flexibility index (Phi) is 15.0. The second-order valence-corrected chi connectivity index (χ2v) is 11.6. The third kappa shape index (κ3) is 11.0. The van der Waals surface area contributed by atoms with E-state index in [-0.39, 0.29) is 11.8 Å². The Balaban J connectivity index is 1.67. The summed E-state index contributed by atoms with van der Waals surface area (Å²) in [6.45, 7) is 17.4. The molecule has 6 nitrogen and oxygen atoms in total. The van der Waals surface area contributed by atoms with E-state index in [2.05, 4.69) is 50.5 Å².